The third kappa shape index (κ3) is 3.62. The number of hydrogen-bond donors (Lipinski definition) is 2. The van der Waals surface area contributed by atoms with Gasteiger partial charge in [-0.15, -0.1) is 0 Å². The molecule has 1 aromatic carbocycles. The van der Waals surface area contributed by atoms with Crippen LogP contribution in [-0.2, 0) is 6.42 Å². The highest BCUT2D eigenvalue weighted by Crippen LogP contribution is 2.41. The van der Waals surface area contributed by atoms with Crippen LogP contribution in [0.4, 0.5) is 0 Å². The van der Waals surface area contributed by atoms with Gasteiger partial charge in [-0.3, -0.25) is 9.78 Å². The van der Waals surface area contributed by atoms with Crippen LogP contribution in [0.2, 0.25) is 0 Å². The minimum Gasteiger partial charge on any atom is -0.478 e. The second-order valence-electron chi connectivity index (χ2n) is 6.58. The zero-order valence-corrected chi connectivity index (χ0v) is 13.5. The Labute approximate surface area is 140 Å². The number of rotatable bonds is 6. The van der Waals surface area contributed by atoms with Gasteiger partial charge in [0.2, 0.25) is 0 Å². The number of amides is 1. The maximum atomic E-state index is 12.6. The molecule has 124 valence electrons. The molecule has 2 N–H and O–H groups in total. The van der Waals surface area contributed by atoms with E-state index in [-0.39, 0.29) is 22.6 Å². The molecular weight excluding hydrogens is 304 g/mol. The van der Waals surface area contributed by atoms with Crippen molar-refractivity contribution in [2.24, 2.45) is 5.92 Å². The standard InChI is InChI=1S/C19H20N2O3/c1-19(16-7-8-16,10-13-5-3-2-4-6-13)21-17(22)14-9-15(18(23)24)12-20-11-14/h2-6,9,11-12,16H,7-8,10H2,1H3,(H,21,22)(H,23,24). The van der Waals surface area contributed by atoms with Gasteiger partial charge in [0.15, 0.2) is 0 Å². The molecule has 0 spiro atoms. The molecule has 24 heavy (non-hydrogen) atoms. The smallest absolute Gasteiger partial charge is 0.337 e. The lowest BCUT2D eigenvalue weighted by Crippen LogP contribution is -2.49. The summed E-state index contributed by atoms with van der Waals surface area (Å²) in [5.74, 6) is -0.931. The third-order valence-electron chi connectivity index (χ3n) is 4.54. The molecule has 5 heteroatoms. The third-order valence-corrected chi connectivity index (χ3v) is 4.54. The molecule has 0 saturated heterocycles. The van der Waals surface area contributed by atoms with Gasteiger partial charge in [0.05, 0.1) is 11.1 Å². The fraction of sp³-hybridized carbons (Fsp3) is 0.316. The molecule has 1 aromatic heterocycles. The number of aromatic carboxylic acids is 1. The van der Waals surface area contributed by atoms with Crippen molar-refractivity contribution in [3.63, 3.8) is 0 Å². The van der Waals surface area contributed by atoms with E-state index in [1.165, 1.54) is 24.0 Å². The Balaban J connectivity index is 1.79. The number of carbonyl (C=O) groups excluding carboxylic acids is 1. The summed E-state index contributed by atoms with van der Waals surface area (Å²) in [6, 6.07) is 11.4. The Kier molecular flexibility index (Phi) is 4.34. The Hall–Kier alpha value is -2.69. The van der Waals surface area contributed by atoms with E-state index in [0.717, 1.165) is 19.3 Å². The summed E-state index contributed by atoms with van der Waals surface area (Å²) in [4.78, 5) is 27.5. The van der Waals surface area contributed by atoms with Crippen LogP contribution in [0.25, 0.3) is 0 Å². The van der Waals surface area contributed by atoms with E-state index < -0.39 is 5.97 Å². The van der Waals surface area contributed by atoms with Crippen LogP contribution >= 0.6 is 0 Å². The molecule has 1 aliphatic rings. The number of nitrogens with zero attached hydrogens (tertiary/aromatic N) is 1. The number of carbonyl (C=O) groups is 2. The van der Waals surface area contributed by atoms with E-state index in [0.29, 0.717) is 5.92 Å². The topological polar surface area (TPSA) is 79.3 Å². The second kappa shape index (κ2) is 6.43. The van der Waals surface area contributed by atoms with Gasteiger partial charge >= 0.3 is 5.97 Å². The molecule has 0 aliphatic heterocycles. The second-order valence-corrected chi connectivity index (χ2v) is 6.58. The van der Waals surface area contributed by atoms with Gasteiger partial charge in [-0.2, -0.15) is 0 Å². The van der Waals surface area contributed by atoms with Gasteiger partial charge in [0, 0.05) is 17.9 Å². The molecular formula is C19H20N2O3. The lowest BCUT2D eigenvalue weighted by molar-refractivity contribution is 0.0696. The summed E-state index contributed by atoms with van der Waals surface area (Å²) in [5.41, 5.74) is 1.11. The molecule has 0 radical (unpaired) electrons. The lowest BCUT2D eigenvalue weighted by Gasteiger charge is -2.31. The SMILES string of the molecule is CC(Cc1ccccc1)(NC(=O)c1cncc(C(=O)O)c1)C1CC1. The number of carboxylic acids is 1. The summed E-state index contributed by atoms with van der Waals surface area (Å²) >= 11 is 0. The van der Waals surface area contributed by atoms with Crippen molar-refractivity contribution in [2.75, 3.05) is 0 Å². The van der Waals surface area contributed by atoms with Gasteiger partial charge < -0.3 is 10.4 Å². The van der Waals surface area contributed by atoms with Crippen molar-refractivity contribution in [1.29, 1.82) is 0 Å². The number of hydrogen-bond acceptors (Lipinski definition) is 3. The number of pyridine rings is 1. The average Bonchev–Trinajstić information content (AvgIpc) is 3.41. The Morgan fingerprint density at radius 2 is 1.88 bits per heavy atom. The van der Waals surface area contributed by atoms with Gasteiger partial charge in [-0.1, -0.05) is 30.3 Å². The molecule has 1 atom stereocenters. The molecule has 3 rings (SSSR count). The predicted molar refractivity (Wildman–Crippen MR) is 89.9 cm³/mol. The minimum atomic E-state index is -1.09. The van der Waals surface area contributed by atoms with Crippen LogP contribution in [0.1, 0.15) is 46.0 Å². The normalized spacial score (nSPS) is 16.2. The Bertz CT molecular complexity index is 756. The van der Waals surface area contributed by atoms with Crippen LogP contribution in [0.15, 0.2) is 48.8 Å². The highest BCUT2D eigenvalue weighted by Gasteiger charge is 2.42. The zero-order chi connectivity index (χ0) is 17.2. The van der Waals surface area contributed by atoms with E-state index >= 15 is 0 Å². The van der Waals surface area contributed by atoms with E-state index in [9.17, 15) is 9.59 Å². The molecule has 0 bridgehead atoms. The first-order valence-corrected chi connectivity index (χ1v) is 8.03. The highest BCUT2D eigenvalue weighted by molar-refractivity contribution is 5.97. The van der Waals surface area contributed by atoms with Crippen molar-refractivity contribution >= 4 is 11.9 Å². The number of benzene rings is 1. The molecule has 1 aliphatic carbocycles. The first-order chi connectivity index (χ1) is 11.5. The van der Waals surface area contributed by atoms with Crippen LogP contribution in [0, 0.1) is 5.92 Å². The number of carboxylic acid groups (broad SMARTS) is 1. The molecule has 1 amide bonds. The zero-order valence-electron chi connectivity index (χ0n) is 13.5. The Morgan fingerprint density at radius 3 is 2.50 bits per heavy atom. The van der Waals surface area contributed by atoms with Gasteiger partial charge in [-0.05, 0) is 43.7 Å². The van der Waals surface area contributed by atoms with Crippen LogP contribution in [0.3, 0.4) is 0 Å². The highest BCUT2D eigenvalue weighted by atomic mass is 16.4. The largest absolute Gasteiger partial charge is 0.478 e. The summed E-state index contributed by atoms with van der Waals surface area (Å²) in [6.45, 7) is 2.06. The van der Waals surface area contributed by atoms with Crippen LogP contribution in [-0.4, -0.2) is 27.5 Å². The monoisotopic (exact) mass is 324 g/mol. The molecule has 5 nitrogen and oxygen atoms in total. The molecule has 2 aromatic rings. The quantitative estimate of drug-likeness (QED) is 0.856. The molecule has 1 heterocycles. The number of aromatic nitrogens is 1. The van der Waals surface area contributed by atoms with Crippen LogP contribution in [0.5, 0.6) is 0 Å². The molecule has 1 saturated carbocycles. The summed E-state index contributed by atoms with van der Waals surface area (Å²) in [5, 5.41) is 12.2. The first kappa shape index (κ1) is 16.2. The van der Waals surface area contributed by atoms with Crippen molar-refractivity contribution in [2.45, 2.75) is 31.7 Å². The van der Waals surface area contributed by atoms with E-state index in [1.54, 1.807) is 0 Å². The summed E-state index contributed by atoms with van der Waals surface area (Å²) in [7, 11) is 0. The van der Waals surface area contributed by atoms with E-state index in [1.807, 2.05) is 18.2 Å². The molecule has 1 unspecified atom stereocenters. The number of nitrogens with one attached hydrogen (secondary N) is 1. The Morgan fingerprint density at radius 1 is 1.21 bits per heavy atom. The first-order valence-electron chi connectivity index (χ1n) is 8.03. The predicted octanol–water partition coefficient (Wildman–Crippen LogP) is 2.92. The minimum absolute atomic E-state index is 0.0128. The maximum Gasteiger partial charge on any atom is 0.337 e. The van der Waals surface area contributed by atoms with Crippen molar-refractivity contribution in [1.82, 2.24) is 10.3 Å². The van der Waals surface area contributed by atoms with Gasteiger partial charge in [-0.25, -0.2) is 4.79 Å². The van der Waals surface area contributed by atoms with Crippen molar-refractivity contribution < 1.29 is 14.7 Å². The summed E-state index contributed by atoms with van der Waals surface area (Å²) in [6.07, 6.45) is 5.57. The van der Waals surface area contributed by atoms with Crippen molar-refractivity contribution in [3.05, 3.63) is 65.5 Å². The average molecular weight is 324 g/mol. The van der Waals surface area contributed by atoms with Crippen LogP contribution < -0.4 is 5.32 Å². The van der Waals surface area contributed by atoms with E-state index in [2.05, 4.69) is 29.4 Å². The van der Waals surface area contributed by atoms with E-state index in [4.69, 9.17) is 5.11 Å². The maximum absolute atomic E-state index is 12.6. The van der Waals surface area contributed by atoms with Gasteiger partial charge in [0.25, 0.3) is 5.91 Å². The summed E-state index contributed by atoms with van der Waals surface area (Å²) < 4.78 is 0. The fourth-order valence-corrected chi connectivity index (χ4v) is 3.04. The fourth-order valence-electron chi connectivity index (χ4n) is 3.04. The van der Waals surface area contributed by atoms with Crippen molar-refractivity contribution in [3.8, 4) is 0 Å². The lowest BCUT2D eigenvalue weighted by atomic mass is 9.87. The van der Waals surface area contributed by atoms with Gasteiger partial charge in [0.1, 0.15) is 0 Å². The molecule has 1 fully saturated rings.